The summed E-state index contributed by atoms with van der Waals surface area (Å²) in [6.07, 6.45) is 4.72. The molecule has 1 aromatic heterocycles. The monoisotopic (exact) mass is 356 g/mol. The lowest BCUT2D eigenvalue weighted by atomic mass is 9.96. The first-order valence-corrected chi connectivity index (χ1v) is 9.34. The topological polar surface area (TPSA) is 71.5 Å². The van der Waals surface area contributed by atoms with Gasteiger partial charge in [0.05, 0.1) is 5.52 Å². The maximum atomic E-state index is 12.4. The van der Waals surface area contributed by atoms with Gasteiger partial charge in [0.1, 0.15) is 6.10 Å². The number of nitrogens with one attached hydrogen (secondary N) is 1. The zero-order chi connectivity index (χ0) is 18.7. The van der Waals surface area contributed by atoms with Crippen LogP contribution in [-0.2, 0) is 11.2 Å². The van der Waals surface area contributed by atoms with Crippen LogP contribution in [0.2, 0.25) is 0 Å². The highest BCUT2D eigenvalue weighted by molar-refractivity contribution is 5.83. The first kappa shape index (κ1) is 18.6. The minimum Gasteiger partial charge on any atom is -0.441 e. The van der Waals surface area contributed by atoms with Crippen molar-refractivity contribution in [3.8, 4) is 0 Å². The van der Waals surface area contributed by atoms with Gasteiger partial charge in [0.25, 0.3) is 0 Å². The number of hydrogen-bond donors (Lipinski definition) is 2. The van der Waals surface area contributed by atoms with Crippen molar-refractivity contribution in [2.24, 2.45) is 5.92 Å². The van der Waals surface area contributed by atoms with Crippen LogP contribution in [0.15, 0.2) is 30.5 Å². The molecule has 2 N–H and O–H groups in total. The molecule has 3 rings (SSSR count). The highest BCUT2D eigenvalue weighted by Crippen LogP contribution is 2.45. The second-order valence-electron chi connectivity index (χ2n) is 8.13. The molecule has 26 heavy (non-hydrogen) atoms. The zero-order valence-electron chi connectivity index (χ0n) is 15.8. The summed E-state index contributed by atoms with van der Waals surface area (Å²) in [6, 6.07) is 8.16. The number of amides is 1. The highest BCUT2D eigenvalue weighted by Gasteiger charge is 2.37. The van der Waals surface area contributed by atoms with E-state index < -0.39 is 0 Å². The number of rotatable bonds is 6. The Bertz CT molecular complexity index is 778. The summed E-state index contributed by atoms with van der Waals surface area (Å²) in [6.45, 7) is 5.98. The van der Waals surface area contributed by atoms with Crippen LogP contribution in [0.1, 0.15) is 57.3 Å². The number of aliphatic hydroxyl groups is 1. The smallest absolute Gasteiger partial charge is 0.408 e. The first-order chi connectivity index (χ1) is 12.4. The van der Waals surface area contributed by atoms with E-state index in [2.05, 4.69) is 22.4 Å². The third-order valence-corrected chi connectivity index (χ3v) is 4.49. The van der Waals surface area contributed by atoms with E-state index in [1.54, 1.807) is 6.20 Å². The van der Waals surface area contributed by atoms with Crippen molar-refractivity contribution in [1.29, 1.82) is 0 Å². The zero-order valence-corrected chi connectivity index (χ0v) is 15.8. The van der Waals surface area contributed by atoms with E-state index in [4.69, 9.17) is 9.84 Å². The molecular weight excluding hydrogens is 328 g/mol. The van der Waals surface area contributed by atoms with Crippen molar-refractivity contribution in [3.05, 3.63) is 41.6 Å². The van der Waals surface area contributed by atoms with Gasteiger partial charge in [0.15, 0.2) is 0 Å². The van der Waals surface area contributed by atoms with Crippen LogP contribution < -0.4 is 5.32 Å². The Hall–Kier alpha value is -2.14. The molecule has 0 saturated heterocycles. The number of carbonyl (C=O) groups excluding carboxylic acids is 1. The van der Waals surface area contributed by atoms with Crippen LogP contribution in [0.3, 0.4) is 0 Å². The van der Waals surface area contributed by atoms with Crippen LogP contribution >= 0.6 is 0 Å². The number of aryl methyl sites for hydroxylation is 1. The molecule has 0 spiro atoms. The molecule has 1 heterocycles. The number of fused-ring (bicyclic) bond motifs is 1. The predicted octanol–water partition coefficient (Wildman–Crippen LogP) is 4.14. The number of nitrogens with zero attached hydrogens (tertiary/aromatic N) is 1. The quantitative estimate of drug-likeness (QED) is 0.816. The van der Waals surface area contributed by atoms with Gasteiger partial charge in [-0.2, -0.15) is 0 Å². The Morgan fingerprint density at radius 2 is 2.15 bits per heavy atom. The van der Waals surface area contributed by atoms with Gasteiger partial charge < -0.3 is 15.2 Å². The molecule has 0 aliphatic heterocycles. The van der Waals surface area contributed by atoms with Gasteiger partial charge in [-0.25, -0.2) is 4.79 Å². The van der Waals surface area contributed by atoms with E-state index in [0.717, 1.165) is 41.3 Å². The molecule has 0 bridgehead atoms. The van der Waals surface area contributed by atoms with Crippen molar-refractivity contribution in [2.75, 3.05) is 6.61 Å². The Morgan fingerprint density at radius 1 is 1.38 bits per heavy atom. The minimum atomic E-state index is -0.390. The molecule has 1 aromatic carbocycles. The Morgan fingerprint density at radius 3 is 2.81 bits per heavy atom. The third kappa shape index (κ3) is 4.73. The standard InChI is InChI=1S/C21H28N2O3/c1-21(2,3)23-20(25)26-19(15-8-9-15)17-13-14(6-5-11-24)12-16-7-4-10-22-18(16)17/h4,7,10,12-13,15,19,24H,5-6,8-9,11H2,1-3H3,(H,23,25). The lowest BCUT2D eigenvalue weighted by Crippen LogP contribution is -2.41. The molecule has 5 nitrogen and oxygen atoms in total. The molecule has 1 fully saturated rings. The summed E-state index contributed by atoms with van der Waals surface area (Å²) in [5.41, 5.74) is 2.66. The number of alkyl carbamates (subject to hydrolysis) is 1. The van der Waals surface area contributed by atoms with Crippen molar-refractivity contribution >= 4 is 17.0 Å². The number of pyridine rings is 1. The molecule has 1 saturated carbocycles. The van der Waals surface area contributed by atoms with Gasteiger partial charge in [-0.15, -0.1) is 0 Å². The van der Waals surface area contributed by atoms with Crippen LogP contribution in [0.5, 0.6) is 0 Å². The second kappa shape index (κ2) is 7.62. The normalized spacial score (nSPS) is 15.7. The Kier molecular flexibility index (Phi) is 5.47. The van der Waals surface area contributed by atoms with E-state index in [-0.39, 0.29) is 24.3 Å². The van der Waals surface area contributed by atoms with E-state index >= 15 is 0 Å². The summed E-state index contributed by atoms with van der Waals surface area (Å²) in [5, 5.41) is 13.1. The number of aromatic nitrogens is 1. The van der Waals surface area contributed by atoms with Crippen LogP contribution in [-0.4, -0.2) is 28.3 Å². The third-order valence-electron chi connectivity index (χ3n) is 4.49. The van der Waals surface area contributed by atoms with E-state index in [9.17, 15) is 4.79 Å². The van der Waals surface area contributed by atoms with Crippen molar-refractivity contribution in [3.63, 3.8) is 0 Å². The fourth-order valence-corrected chi connectivity index (χ4v) is 3.19. The fraction of sp³-hybridized carbons (Fsp3) is 0.524. The van der Waals surface area contributed by atoms with Crippen molar-refractivity contribution in [1.82, 2.24) is 10.3 Å². The van der Waals surface area contributed by atoms with Gasteiger partial charge in [-0.1, -0.05) is 6.07 Å². The molecule has 1 aliphatic rings. The Labute approximate surface area is 154 Å². The number of benzene rings is 1. The van der Waals surface area contributed by atoms with E-state index in [1.165, 1.54) is 0 Å². The van der Waals surface area contributed by atoms with Gasteiger partial charge in [-0.3, -0.25) is 4.98 Å². The van der Waals surface area contributed by atoms with Gasteiger partial charge in [-0.05, 0) is 70.2 Å². The first-order valence-electron chi connectivity index (χ1n) is 9.34. The molecule has 1 unspecified atom stereocenters. The SMILES string of the molecule is CC(C)(C)NC(=O)OC(c1cc(CCCO)cc2cccnc12)C1CC1. The molecule has 0 radical (unpaired) electrons. The van der Waals surface area contributed by atoms with Crippen LogP contribution in [0.4, 0.5) is 4.79 Å². The molecule has 5 heteroatoms. The Balaban J connectivity index is 1.95. The average molecular weight is 356 g/mol. The fourth-order valence-electron chi connectivity index (χ4n) is 3.19. The molecule has 1 aliphatic carbocycles. The number of hydrogen-bond acceptors (Lipinski definition) is 4. The number of ether oxygens (including phenoxy) is 1. The maximum Gasteiger partial charge on any atom is 0.408 e. The minimum absolute atomic E-state index is 0.164. The van der Waals surface area contributed by atoms with Gasteiger partial charge >= 0.3 is 6.09 Å². The molecule has 140 valence electrons. The summed E-state index contributed by atoms with van der Waals surface area (Å²) in [7, 11) is 0. The van der Waals surface area contributed by atoms with Crippen LogP contribution in [0, 0.1) is 5.92 Å². The van der Waals surface area contributed by atoms with Gasteiger partial charge in [0.2, 0.25) is 0 Å². The summed E-state index contributed by atoms with van der Waals surface area (Å²) >= 11 is 0. The number of aliphatic hydroxyl groups excluding tert-OH is 1. The molecule has 2 aromatic rings. The van der Waals surface area contributed by atoms with Crippen LogP contribution in [0.25, 0.3) is 10.9 Å². The summed E-state index contributed by atoms with van der Waals surface area (Å²) in [5.74, 6) is 0.346. The van der Waals surface area contributed by atoms with E-state index in [1.807, 2.05) is 32.9 Å². The molecular formula is C21H28N2O3. The second-order valence-corrected chi connectivity index (χ2v) is 8.13. The summed E-state index contributed by atoms with van der Waals surface area (Å²) < 4.78 is 5.86. The van der Waals surface area contributed by atoms with Crippen molar-refractivity contribution in [2.45, 2.75) is 58.1 Å². The van der Waals surface area contributed by atoms with Crippen molar-refractivity contribution < 1.29 is 14.6 Å². The van der Waals surface area contributed by atoms with E-state index in [0.29, 0.717) is 12.3 Å². The maximum absolute atomic E-state index is 12.4. The molecule has 1 amide bonds. The predicted molar refractivity (Wildman–Crippen MR) is 102 cm³/mol. The largest absolute Gasteiger partial charge is 0.441 e. The number of carbonyl (C=O) groups is 1. The summed E-state index contributed by atoms with van der Waals surface area (Å²) in [4.78, 5) is 16.9. The lowest BCUT2D eigenvalue weighted by molar-refractivity contribution is 0.0798. The highest BCUT2D eigenvalue weighted by atomic mass is 16.6. The lowest BCUT2D eigenvalue weighted by Gasteiger charge is -2.24. The molecule has 1 atom stereocenters. The van der Waals surface area contributed by atoms with Gasteiger partial charge in [0, 0.05) is 35.2 Å². The average Bonchev–Trinajstić information content (AvgIpc) is 3.40.